The van der Waals surface area contributed by atoms with Gasteiger partial charge in [-0.1, -0.05) is 23.2 Å². The highest BCUT2D eigenvalue weighted by atomic mass is 35.5. The topological polar surface area (TPSA) is 130 Å². The minimum absolute atomic E-state index is 0.0859. The second-order valence-electron chi connectivity index (χ2n) is 9.59. The van der Waals surface area contributed by atoms with Crippen LogP contribution in [-0.2, 0) is 19.5 Å². The highest BCUT2D eigenvalue weighted by Gasteiger charge is 2.39. The largest absolute Gasteiger partial charge is 0.416 e. The zero-order chi connectivity index (χ0) is 28.5. The Balaban J connectivity index is 1.76. The van der Waals surface area contributed by atoms with Gasteiger partial charge in [0, 0.05) is 28.7 Å². The highest BCUT2D eigenvalue weighted by Crippen LogP contribution is 2.24. The van der Waals surface area contributed by atoms with Gasteiger partial charge in [0.1, 0.15) is 12.4 Å². The Morgan fingerprint density at radius 1 is 1.10 bits per heavy atom. The summed E-state index contributed by atoms with van der Waals surface area (Å²) in [6.07, 6.45) is -5.24. The van der Waals surface area contributed by atoms with Crippen LogP contribution in [0.2, 0.25) is 10.0 Å². The van der Waals surface area contributed by atoms with Crippen molar-refractivity contribution in [3.63, 3.8) is 0 Å². The molecule has 15 heteroatoms. The summed E-state index contributed by atoms with van der Waals surface area (Å²) < 4.78 is 42.6. The number of rotatable bonds is 9. The zero-order valence-corrected chi connectivity index (χ0v) is 22.4. The molecule has 39 heavy (non-hydrogen) atoms. The second-order valence-corrected chi connectivity index (χ2v) is 10.4. The maximum atomic E-state index is 13.2. The molecule has 0 fully saturated rings. The van der Waals surface area contributed by atoms with Crippen LogP contribution in [0.5, 0.6) is 0 Å². The molecule has 0 aliphatic heterocycles. The first-order valence-corrected chi connectivity index (χ1v) is 12.5. The minimum Gasteiger partial charge on any atom is -0.382 e. The molecule has 3 N–H and O–H groups in total. The predicted octanol–water partition coefficient (Wildman–Crippen LogP) is 3.64. The molecule has 0 amide bonds. The molecule has 0 unspecified atom stereocenters. The van der Waals surface area contributed by atoms with E-state index in [2.05, 4.69) is 20.2 Å². The van der Waals surface area contributed by atoms with E-state index in [1.807, 2.05) is 13.8 Å². The molecule has 0 aliphatic carbocycles. The summed E-state index contributed by atoms with van der Waals surface area (Å²) in [6, 6.07) is 9.33. The van der Waals surface area contributed by atoms with Crippen LogP contribution in [-0.4, -0.2) is 57.0 Å². The lowest BCUT2D eigenvalue weighted by atomic mass is 10.00. The Labute approximate surface area is 230 Å². The van der Waals surface area contributed by atoms with E-state index in [-0.39, 0.29) is 18.2 Å². The number of aryl methyl sites for hydroxylation is 1. The quantitative estimate of drug-likeness (QED) is 0.307. The molecule has 1 atom stereocenters. The molecule has 3 heterocycles. The van der Waals surface area contributed by atoms with Gasteiger partial charge in [0.2, 0.25) is 0 Å². The van der Waals surface area contributed by atoms with Crippen LogP contribution in [0.4, 0.5) is 13.2 Å². The number of hydrogen-bond donors (Lipinski definition) is 2. The van der Waals surface area contributed by atoms with Crippen molar-refractivity contribution in [1.82, 2.24) is 34.1 Å². The molecule has 208 valence electrons. The van der Waals surface area contributed by atoms with Crippen molar-refractivity contribution in [2.24, 2.45) is 5.73 Å². The van der Waals surface area contributed by atoms with Gasteiger partial charge in [0.15, 0.2) is 23.6 Å². The van der Waals surface area contributed by atoms with Crippen LogP contribution in [0.25, 0.3) is 17.2 Å². The number of pyridine rings is 1. The molecular formula is C24H25Cl2F3N8O2. The molecule has 1 aromatic carbocycles. The first-order chi connectivity index (χ1) is 18.2. The van der Waals surface area contributed by atoms with Crippen LogP contribution in [0.15, 0.2) is 47.4 Å². The molecular weight excluding hydrogens is 560 g/mol. The third-order valence-electron chi connectivity index (χ3n) is 5.70. The third-order valence-corrected chi connectivity index (χ3v) is 6.25. The fraction of sp³-hybridized carbons (Fsp3) is 0.375. The van der Waals surface area contributed by atoms with Crippen molar-refractivity contribution in [2.75, 3.05) is 0 Å². The van der Waals surface area contributed by atoms with E-state index in [0.717, 1.165) is 9.25 Å². The second kappa shape index (κ2) is 11.1. The molecule has 0 bridgehead atoms. The number of nitrogens with two attached hydrogens (primary N) is 1. The number of aromatic nitrogens is 7. The summed E-state index contributed by atoms with van der Waals surface area (Å²) in [5.74, 6) is 0.849. The third kappa shape index (κ3) is 6.85. The summed E-state index contributed by atoms with van der Waals surface area (Å²) in [4.78, 5) is 22.0. The molecule has 0 radical (unpaired) electrons. The standard InChI is InChI=1S/C24H25Cl2F3N8O2/c1-23(2,30)10-9-19-32-18(33-37(19)21-16(26)4-3-11-31-21)13-36-22(39)35(12-17(38)24(27,28)29)20(34-36)14-5-7-15(25)8-6-14/h3-8,11,17,38H,9-10,12-13,30H2,1-2H3/t17-/m0/s1. The number of halogens is 5. The van der Waals surface area contributed by atoms with E-state index in [1.54, 1.807) is 12.1 Å². The number of hydrogen-bond acceptors (Lipinski definition) is 7. The molecule has 0 aliphatic rings. The van der Waals surface area contributed by atoms with E-state index in [4.69, 9.17) is 28.9 Å². The Bertz CT molecular complexity index is 1510. The molecule has 3 aromatic heterocycles. The van der Waals surface area contributed by atoms with Crippen molar-refractivity contribution in [3.05, 3.63) is 74.8 Å². The summed E-state index contributed by atoms with van der Waals surface area (Å²) in [6.45, 7) is 2.40. The van der Waals surface area contributed by atoms with Crippen LogP contribution < -0.4 is 11.4 Å². The van der Waals surface area contributed by atoms with Crippen molar-refractivity contribution in [3.8, 4) is 17.2 Å². The lowest BCUT2D eigenvalue weighted by Gasteiger charge is -2.17. The molecule has 4 rings (SSSR count). The van der Waals surface area contributed by atoms with Crippen LogP contribution in [0.3, 0.4) is 0 Å². The Hall–Kier alpha value is -3.26. The molecule has 10 nitrogen and oxygen atoms in total. The van der Waals surface area contributed by atoms with Crippen molar-refractivity contribution in [2.45, 2.75) is 57.6 Å². The molecule has 0 saturated heterocycles. The van der Waals surface area contributed by atoms with Crippen molar-refractivity contribution < 1.29 is 18.3 Å². The summed E-state index contributed by atoms with van der Waals surface area (Å²) >= 11 is 12.3. The highest BCUT2D eigenvalue weighted by molar-refractivity contribution is 6.32. The van der Waals surface area contributed by atoms with E-state index in [1.165, 1.54) is 35.1 Å². The number of benzene rings is 1. The fourth-order valence-electron chi connectivity index (χ4n) is 3.69. The van der Waals surface area contributed by atoms with Gasteiger partial charge >= 0.3 is 11.9 Å². The lowest BCUT2D eigenvalue weighted by Crippen LogP contribution is -2.37. The Kier molecular flexibility index (Phi) is 8.17. The first kappa shape index (κ1) is 28.7. The van der Waals surface area contributed by atoms with Gasteiger partial charge in [-0.15, -0.1) is 10.2 Å². The number of aliphatic hydroxyl groups is 1. The predicted molar refractivity (Wildman–Crippen MR) is 139 cm³/mol. The normalized spacial score (nSPS) is 13.2. The summed E-state index contributed by atoms with van der Waals surface area (Å²) in [5, 5.41) is 19.1. The number of alkyl halides is 3. The van der Waals surface area contributed by atoms with Crippen molar-refractivity contribution in [1.29, 1.82) is 0 Å². The Morgan fingerprint density at radius 3 is 2.41 bits per heavy atom. The van der Waals surface area contributed by atoms with Crippen LogP contribution in [0, 0.1) is 0 Å². The zero-order valence-electron chi connectivity index (χ0n) is 20.9. The van der Waals surface area contributed by atoms with Gasteiger partial charge < -0.3 is 10.8 Å². The first-order valence-electron chi connectivity index (χ1n) is 11.8. The average molecular weight is 585 g/mol. The SMILES string of the molecule is CC(C)(N)CCc1nc(Cn2nc(-c3ccc(Cl)cc3)n(C[C@H](O)C(F)(F)F)c2=O)nn1-c1ncccc1Cl. The number of nitrogens with zero attached hydrogens (tertiary/aromatic N) is 7. The van der Waals surface area contributed by atoms with Crippen LogP contribution in [0.1, 0.15) is 31.9 Å². The molecule has 0 spiro atoms. The van der Waals surface area contributed by atoms with Gasteiger partial charge in [-0.2, -0.15) is 17.9 Å². The van der Waals surface area contributed by atoms with E-state index in [0.29, 0.717) is 40.1 Å². The summed E-state index contributed by atoms with van der Waals surface area (Å²) in [5.41, 5.74) is 5.07. The van der Waals surface area contributed by atoms with Gasteiger partial charge in [-0.25, -0.2) is 19.4 Å². The van der Waals surface area contributed by atoms with Gasteiger partial charge in [0.25, 0.3) is 0 Å². The van der Waals surface area contributed by atoms with E-state index < -0.39 is 30.1 Å². The fourth-order valence-corrected chi connectivity index (χ4v) is 4.02. The Morgan fingerprint density at radius 2 is 1.79 bits per heavy atom. The van der Waals surface area contributed by atoms with Crippen molar-refractivity contribution >= 4 is 23.2 Å². The molecule has 4 aromatic rings. The minimum atomic E-state index is -4.94. The smallest absolute Gasteiger partial charge is 0.382 e. The van der Waals surface area contributed by atoms with Gasteiger partial charge in [-0.3, -0.25) is 4.57 Å². The van der Waals surface area contributed by atoms with Gasteiger partial charge in [0.05, 0.1) is 11.6 Å². The maximum Gasteiger partial charge on any atom is 0.416 e. The average Bonchev–Trinajstić information content (AvgIpc) is 3.39. The maximum absolute atomic E-state index is 13.2. The van der Waals surface area contributed by atoms with E-state index >= 15 is 0 Å². The van der Waals surface area contributed by atoms with E-state index in [9.17, 15) is 23.1 Å². The molecule has 0 saturated carbocycles. The lowest BCUT2D eigenvalue weighted by molar-refractivity contribution is -0.207. The summed E-state index contributed by atoms with van der Waals surface area (Å²) in [7, 11) is 0. The monoisotopic (exact) mass is 584 g/mol. The van der Waals surface area contributed by atoms with Crippen LogP contribution >= 0.6 is 23.2 Å². The van der Waals surface area contributed by atoms with Gasteiger partial charge in [-0.05, 0) is 56.7 Å². The number of aliphatic hydroxyl groups excluding tert-OH is 1.